The summed E-state index contributed by atoms with van der Waals surface area (Å²) in [6.45, 7) is 3.36. The van der Waals surface area contributed by atoms with Crippen LogP contribution in [0.1, 0.15) is 12.6 Å². The van der Waals surface area contributed by atoms with Crippen LogP contribution in [0.15, 0.2) is 29.1 Å². The molecule has 1 aromatic carbocycles. The summed E-state index contributed by atoms with van der Waals surface area (Å²) >= 11 is 0. The highest BCUT2D eigenvalue weighted by molar-refractivity contribution is 5.81. The van der Waals surface area contributed by atoms with E-state index in [2.05, 4.69) is 4.98 Å². The molecule has 0 radical (unpaired) electrons. The van der Waals surface area contributed by atoms with Gasteiger partial charge in [0.25, 0.3) is 0 Å². The monoisotopic (exact) mass is 373 g/mol. The highest BCUT2D eigenvalue weighted by atomic mass is 19.1. The Hall–Kier alpha value is -2.74. The number of benzene rings is 1. The predicted molar refractivity (Wildman–Crippen MR) is 95.6 cm³/mol. The van der Waals surface area contributed by atoms with Crippen LogP contribution < -0.4 is 5.43 Å². The van der Waals surface area contributed by atoms with Gasteiger partial charge in [-0.15, -0.1) is 0 Å². The average molecular weight is 373 g/mol. The molecule has 1 amide bonds. The van der Waals surface area contributed by atoms with Crippen LogP contribution in [0.2, 0.25) is 0 Å². The van der Waals surface area contributed by atoms with Gasteiger partial charge in [-0.05, 0) is 18.2 Å². The second-order valence-electron chi connectivity index (χ2n) is 7.58. The first-order chi connectivity index (χ1) is 12.8. The average Bonchev–Trinajstić information content (AvgIpc) is 3.11. The first-order valence-electron chi connectivity index (χ1n) is 8.81. The van der Waals surface area contributed by atoms with Gasteiger partial charge in [-0.25, -0.2) is 4.39 Å². The van der Waals surface area contributed by atoms with Crippen molar-refractivity contribution < 1.29 is 19.1 Å². The van der Waals surface area contributed by atoms with Gasteiger partial charge in [-0.3, -0.25) is 19.3 Å². The van der Waals surface area contributed by atoms with Gasteiger partial charge >= 0.3 is 5.97 Å². The lowest BCUT2D eigenvalue weighted by Crippen LogP contribution is -2.41. The number of halogens is 1. The zero-order valence-electron chi connectivity index (χ0n) is 14.9. The van der Waals surface area contributed by atoms with Crippen LogP contribution >= 0.6 is 0 Å². The number of carbonyl (C=O) groups is 2. The van der Waals surface area contributed by atoms with Crippen molar-refractivity contribution >= 4 is 22.8 Å². The number of aliphatic carboxylic acids is 1. The van der Waals surface area contributed by atoms with Crippen molar-refractivity contribution in [1.82, 2.24) is 14.8 Å². The van der Waals surface area contributed by atoms with Crippen LogP contribution in [0.25, 0.3) is 10.9 Å². The van der Waals surface area contributed by atoms with Crippen molar-refractivity contribution in [3.63, 3.8) is 0 Å². The molecule has 2 atom stereocenters. The summed E-state index contributed by atoms with van der Waals surface area (Å²) in [6, 6.07) is 5.45. The van der Waals surface area contributed by atoms with Gasteiger partial charge in [0.05, 0.1) is 0 Å². The van der Waals surface area contributed by atoms with Gasteiger partial charge < -0.3 is 15.0 Å². The minimum Gasteiger partial charge on any atom is -0.481 e. The largest absolute Gasteiger partial charge is 0.481 e. The number of aromatic nitrogens is 1. The van der Waals surface area contributed by atoms with Crippen molar-refractivity contribution in [3.8, 4) is 0 Å². The van der Waals surface area contributed by atoms with E-state index in [4.69, 9.17) is 0 Å². The fraction of sp³-hybridized carbons (Fsp3) is 0.421. The van der Waals surface area contributed by atoms with Crippen molar-refractivity contribution in [3.05, 3.63) is 46.0 Å². The van der Waals surface area contributed by atoms with E-state index in [9.17, 15) is 23.9 Å². The first-order valence-corrected chi connectivity index (χ1v) is 8.81. The van der Waals surface area contributed by atoms with Gasteiger partial charge in [0, 0.05) is 68.2 Å². The Morgan fingerprint density at radius 1 is 1.30 bits per heavy atom. The normalized spacial score (nSPS) is 25.1. The number of carboxylic acid groups (broad SMARTS) is 1. The van der Waals surface area contributed by atoms with Gasteiger partial charge in [0.15, 0.2) is 5.43 Å². The van der Waals surface area contributed by atoms with Crippen LogP contribution in [0.5, 0.6) is 0 Å². The van der Waals surface area contributed by atoms with E-state index in [1.807, 2.05) is 4.90 Å². The molecule has 2 aliphatic rings. The number of likely N-dealkylation sites (tertiary alicyclic amines) is 2. The Morgan fingerprint density at radius 2 is 2.07 bits per heavy atom. The quantitative estimate of drug-likeness (QED) is 0.838. The molecule has 2 fully saturated rings. The minimum absolute atomic E-state index is 0.109. The highest BCUT2D eigenvalue weighted by Crippen LogP contribution is 2.43. The summed E-state index contributed by atoms with van der Waals surface area (Å²) in [6.07, 6.45) is 0. The number of amides is 1. The van der Waals surface area contributed by atoms with E-state index in [0.29, 0.717) is 37.4 Å². The van der Waals surface area contributed by atoms with Gasteiger partial charge in [-0.1, -0.05) is 0 Å². The van der Waals surface area contributed by atoms with E-state index in [1.54, 1.807) is 4.90 Å². The molecule has 3 heterocycles. The fourth-order valence-electron chi connectivity index (χ4n) is 4.43. The maximum absolute atomic E-state index is 13.3. The third kappa shape index (κ3) is 2.90. The Labute approximate surface area is 154 Å². The summed E-state index contributed by atoms with van der Waals surface area (Å²) in [5.41, 5.74) is -0.0308. The molecule has 2 saturated heterocycles. The predicted octanol–water partition coefficient (Wildman–Crippen LogP) is 1.03. The third-order valence-electron chi connectivity index (χ3n) is 5.79. The molecule has 27 heavy (non-hydrogen) atoms. The molecule has 2 aromatic rings. The molecule has 142 valence electrons. The molecule has 1 aromatic heterocycles. The zero-order valence-corrected chi connectivity index (χ0v) is 14.9. The van der Waals surface area contributed by atoms with E-state index < -0.39 is 17.2 Å². The number of carbonyl (C=O) groups excluding carboxylic acids is 1. The number of pyridine rings is 1. The summed E-state index contributed by atoms with van der Waals surface area (Å²) in [5.74, 6) is -1.60. The van der Waals surface area contributed by atoms with Crippen molar-refractivity contribution in [1.29, 1.82) is 0 Å². The lowest BCUT2D eigenvalue weighted by Gasteiger charge is -2.25. The van der Waals surface area contributed by atoms with E-state index >= 15 is 0 Å². The van der Waals surface area contributed by atoms with Crippen LogP contribution in [-0.4, -0.2) is 57.9 Å². The number of H-pyrrole nitrogens is 1. The van der Waals surface area contributed by atoms with Gasteiger partial charge in [0.2, 0.25) is 5.91 Å². The molecule has 0 saturated carbocycles. The Balaban J connectivity index is 1.58. The van der Waals surface area contributed by atoms with Gasteiger partial charge in [-0.2, -0.15) is 0 Å². The zero-order chi connectivity index (χ0) is 19.3. The minimum atomic E-state index is -0.966. The number of fused-ring (bicyclic) bond motifs is 2. The smallest absolute Gasteiger partial charge is 0.313 e. The van der Waals surface area contributed by atoms with Crippen molar-refractivity contribution in [2.75, 3.05) is 26.2 Å². The number of aromatic amines is 1. The van der Waals surface area contributed by atoms with Crippen molar-refractivity contribution in [2.24, 2.45) is 11.3 Å². The number of nitrogens with zero attached hydrogens (tertiary/aromatic N) is 2. The Kier molecular flexibility index (Phi) is 4.03. The second kappa shape index (κ2) is 6.16. The van der Waals surface area contributed by atoms with E-state index in [0.717, 1.165) is 0 Å². The Morgan fingerprint density at radius 3 is 2.74 bits per heavy atom. The molecule has 0 bridgehead atoms. The first kappa shape index (κ1) is 17.7. The fourth-order valence-corrected chi connectivity index (χ4v) is 4.43. The van der Waals surface area contributed by atoms with Crippen LogP contribution in [0.4, 0.5) is 4.39 Å². The van der Waals surface area contributed by atoms with Crippen molar-refractivity contribution in [2.45, 2.75) is 13.5 Å². The molecule has 8 heteroatoms. The van der Waals surface area contributed by atoms with Crippen LogP contribution in [0, 0.1) is 17.2 Å². The van der Waals surface area contributed by atoms with E-state index in [-0.39, 0.29) is 29.2 Å². The van der Waals surface area contributed by atoms with E-state index in [1.165, 1.54) is 31.2 Å². The molecule has 0 spiro atoms. The number of nitrogens with one attached hydrogen (secondary N) is 1. The number of hydrogen-bond donors (Lipinski definition) is 2. The highest BCUT2D eigenvalue weighted by Gasteiger charge is 2.58. The molecule has 0 aliphatic carbocycles. The number of hydrogen-bond acceptors (Lipinski definition) is 4. The molecule has 0 unspecified atom stereocenters. The number of rotatable bonds is 3. The Bertz CT molecular complexity index is 1000. The summed E-state index contributed by atoms with van der Waals surface area (Å²) < 4.78 is 13.3. The molecule has 7 nitrogen and oxygen atoms in total. The third-order valence-corrected chi connectivity index (χ3v) is 5.79. The maximum Gasteiger partial charge on any atom is 0.313 e. The number of carboxylic acids is 1. The lowest BCUT2D eigenvalue weighted by molar-refractivity contribution is -0.149. The maximum atomic E-state index is 13.3. The topological polar surface area (TPSA) is 93.7 Å². The lowest BCUT2D eigenvalue weighted by atomic mass is 9.81. The standard InChI is InChI=1S/C19H20FN3O4/c1-11(24)23-7-12-6-22(9-19(12,10-23)18(26)27)8-14-5-17(25)15-4-13(20)2-3-16(15)21-14/h2-5,12H,6-10H2,1H3,(H,21,25)(H,26,27)/t12-,19-/m1/s1. The van der Waals surface area contributed by atoms with Gasteiger partial charge in [0.1, 0.15) is 11.2 Å². The SMILES string of the molecule is CC(=O)N1C[C@H]2CN(Cc3cc(=O)c4cc(F)ccc4[nH]3)C[C@@]2(C(=O)O)C1. The molecular formula is C19H20FN3O4. The molecule has 2 aliphatic heterocycles. The summed E-state index contributed by atoms with van der Waals surface area (Å²) in [4.78, 5) is 42.6. The molecular weight excluding hydrogens is 353 g/mol. The van der Waals surface area contributed by atoms with Crippen LogP contribution in [-0.2, 0) is 16.1 Å². The second-order valence-corrected chi connectivity index (χ2v) is 7.58. The van der Waals surface area contributed by atoms with Crippen LogP contribution in [0.3, 0.4) is 0 Å². The molecule has 4 rings (SSSR count). The summed E-state index contributed by atoms with van der Waals surface area (Å²) in [7, 11) is 0. The summed E-state index contributed by atoms with van der Waals surface area (Å²) in [5, 5.41) is 10.1. The molecule has 2 N–H and O–H groups in total.